The summed E-state index contributed by atoms with van der Waals surface area (Å²) in [6.07, 6.45) is 2.46. The summed E-state index contributed by atoms with van der Waals surface area (Å²) >= 11 is 0. The molecule has 1 aliphatic heterocycles. The van der Waals surface area contributed by atoms with E-state index in [0.29, 0.717) is 18.4 Å². The van der Waals surface area contributed by atoms with Crippen LogP contribution in [0.2, 0.25) is 0 Å². The van der Waals surface area contributed by atoms with Gasteiger partial charge >= 0.3 is 0 Å². The van der Waals surface area contributed by atoms with Gasteiger partial charge in [0.2, 0.25) is 11.8 Å². The Hall–Kier alpha value is -1.32. The maximum absolute atomic E-state index is 5.19. The lowest BCUT2D eigenvalue weighted by molar-refractivity contribution is 0.332. The standard InChI is InChI=1S/C7H8N2O2/c1-10-6-4-8-5-2-3-11-7(5)9-6/h4H,2-3H2,1H3. The van der Waals surface area contributed by atoms with Gasteiger partial charge in [-0.3, -0.25) is 0 Å². The van der Waals surface area contributed by atoms with E-state index in [2.05, 4.69) is 9.97 Å². The average Bonchev–Trinajstić information content (AvgIpc) is 2.50. The summed E-state index contributed by atoms with van der Waals surface area (Å²) in [5.41, 5.74) is 0.922. The zero-order valence-corrected chi connectivity index (χ0v) is 6.20. The van der Waals surface area contributed by atoms with Crippen LogP contribution in [0.5, 0.6) is 11.8 Å². The molecule has 4 nitrogen and oxygen atoms in total. The van der Waals surface area contributed by atoms with Crippen molar-refractivity contribution in [2.24, 2.45) is 0 Å². The van der Waals surface area contributed by atoms with E-state index in [1.54, 1.807) is 13.3 Å². The minimum absolute atomic E-state index is 0.505. The van der Waals surface area contributed by atoms with E-state index in [9.17, 15) is 0 Å². The van der Waals surface area contributed by atoms with Crippen LogP contribution in [0.3, 0.4) is 0 Å². The van der Waals surface area contributed by atoms with Gasteiger partial charge in [0.05, 0.1) is 19.9 Å². The Balaban J connectivity index is 2.41. The minimum Gasteiger partial charge on any atom is -0.480 e. The average molecular weight is 152 g/mol. The second-order valence-electron chi connectivity index (χ2n) is 2.26. The maximum Gasteiger partial charge on any atom is 0.239 e. The lowest BCUT2D eigenvalue weighted by Crippen LogP contribution is -1.92. The number of ether oxygens (including phenoxy) is 2. The molecule has 0 fully saturated rings. The molecular weight excluding hydrogens is 144 g/mol. The highest BCUT2D eigenvalue weighted by Crippen LogP contribution is 2.21. The first-order chi connectivity index (χ1) is 5.40. The first-order valence-electron chi connectivity index (χ1n) is 3.43. The van der Waals surface area contributed by atoms with Gasteiger partial charge < -0.3 is 9.47 Å². The normalized spacial score (nSPS) is 13.9. The molecule has 58 valence electrons. The molecule has 0 spiro atoms. The van der Waals surface area contributed by atoms with Gasteiger partial charge in [-0.05, 0) is 0 Å². The van der Waals surface area contributed by atoms with Crippen LogP contribution in [0.15, 0.2) is 6.20 Å². The van der Waals surface area contributed by atoms with Gasteiger partial charge in [0, 0.05) is 6.42 Å². The Bertz CT molecular complexity index is 275. The quantitative estimate of drug-likeness (QED) is 0.585. The van der Waals surface area contributed by atoms with Crippen molar-refractivity contribution in [3.8, 4) is 11.8 Å². The molecule has 2 heterocycles. The second kappa shape index (κ2) is 2.38. The Morgan fingerprint density at radius 1 is 1.64 bits per heavy atom. The fourth-order valence-corrected chi connectivity index (χ4v) is 1.01. The third-order valence-corrected chi connectivity index (χ3v) is 1.58. The first-order valence-corrected chi connectivity index (χ1v) is 3.43. The molecule has 0 amide bonds. The van der Waals surface area contributed by atoms with Crippen molar-refractivity contribution in [1.29, 1.82) is 0 Å². The van der Waals surface area contributed by atoms with Gasteiger partial charge in [-0.2, -0.15) is 4.98 Å². The lowest BCUT2D eigenvalue weighted by atomic mass is 10.4. The molecule has 1 aromatic rings. The Labute approximate surface area is 64.2 Å². The molecule has 0 saturated carbocycles. The molecule has 4 heteroatoms. The van der Waals surface area contributed by atoms with Gasteiger partial charge in [-0.15, -0.1) is 0 Å². The molecule has 0 saturated heterocycles. The fraction of sp³-hybridized carbons (Fsp3) is 0.429. The summed E-state index contributed by atoms with van der Waals surface area (Å²) in [5, 5.41) is 0. The maximum atomic E-state index is 5.19. The van der Waals surface area contributed by atoms with Crippen molar-refractivity contribution in [1.82, 2.24) is 9.97 Å². The molecule has 1 aliphatic rings. The van der Waals surface area contributed by atoms with E-state index in [4.69, 9.17) is 9.47 Å². The van der Waals surface area contributed by atoms with Crippen molar-refractivity contribution in [3.63, 3.8) is 0 Å². The second-order valence-corrected chi connectivity index (χ2v) is 2.26. The van der Waals surface area contributed by atoms with E-state index in [0.717, 1.165) is 12.1 Å². The molecule has 1 aromatic heterocycles. The third-order valence-electron chi connectivity index (χ3n) is 1.58. The Kier molecular flexibility index (Phi) is 1.38. The van der Waals surface area contributed by atoms with E-state index < -0.39 is 0 Å². The molecule has 0 atom stereocenters. The summed E-state index contributed by atoms with van der Waals surface area (Å²) in [6, 6.07) is 0. The molecule has 0 unspecified atom stereocenters. The van der Waals surface area contributed by atoms with Gasteiger partial charge in [-0.25, -0.2) is 4.98 Å². The van der Waals surface area contributed by atoms with Crippen LogP contribution in [0.25, 0.3) is 0 Å². The van der Waals surface area contributed by atoms with E-state index in [1.165, 1.54) is 0 Å². The smallest absolute Gasteiger partial charge is 0.239 e. The molecule has 0 N–H and O–H groups in total. The van der Waals surface area contributed by atoms with Crippen molar-refractivity contribution in [2.45, 2.75) is 6.42 Å². The van der Waals surface area contributed by atoms with Crippen LogP contribution in [-0.4, -0.2) is 23.7 Å². The summed E-state index contributed by atoms with van der Waals surface area (Å²) in [6.45, 7) is 0.683. The summed E-state index contributed by atoms with van der Waals surface area (Å²) < 4.78 is 10.1. The first kappa shape index (κ1) is 6.39. The number of hydrogen-bond acceptors (Lipinski definition) is 4. The molecule has 2 rings (SSSR count). The fourth-order valence-electron chi connectivity index (χ4n) is 1.01. The van der Waals surface area contributed by atoms with Crippen molar-refractivity contribution in [3.05, 3.63) is 11.9 Å². The van der Waals surface area contributed by atoms with E-state index >= 15 is 0 Å². The number of hydrogen-bond donors (Lipinski definition) is 0. The highest BCUT2D eigenvalue weighted by atomic mass is 16.5. The van der Waals surface area contributed by atoms with E-state index in [1.807, 2.05) is 0 Å². The number of aromatic nitrogens is 2. The SMILES string of the molecule is COc1cnc2c(n1)OCC2. The highest BCUT2D eigenvalue weighted by Gasteiger charge is 2.15. The Morgan fingerprint density at radius 2 is 2.55 bits per heavy atom. The molecule has 0 radical (unpaired) electrons. The number of methoxy groups -OCH3 is 1. The molecule has 0 aliphatic carbocycles. The van der Waals surface area contributed by atoms with Gasteiger partial charge in [0.25, 0.3) is 0 Å². The molecular formula is C7H8N2O2. The van der Waals surface area contributed by atoms with Gasteiger partial charge in [-0.1, -0.05) is 0 Å². The molecule has 0 aromatic carbocycles. The summed E-state index contributed by atoms with van der Waals surface area (Å²) in [7, 11) is 1.56. The van der Waals surface area contributed by atoms with Crippen molar-refractivity contribution < 1.29 is 9.47 Å². The van der Waals surface area contributed by atoms with Crippen LogP contribution >= 0.6 is 0 Å². The topological polar surface area (TPSA) is 44.2 Å². The van der Waals surface area contributed by atoms with Crippen LogP contribution in [-0.2, 0) is 6.42 Å². The lowest BCUT2D eigenvalue weighted by Gasteiger charge is -1.99. The van der Waals surface area contributed by atoms with Gasteiger partial charge in [0.15, 0.2) is 0 Å². The van der Waals surface area contributed by atoms with Crippen molar-refractivity contribution in [2.75, 3.05) is 13.7 Å². The Morgan fingerprint density at radius 3 is 3.36 bits per heavy atom. The number of nitrogens with zero attached hydrogens (tertiary/aromatic N) is 2. The van der Waals surface area contributed by atoms with Crippen LogP contribution in [0.4, 0.5) is 0 Å². The minimum atomic E-state index is 0.505. The monoisotopic (exact) mass is 152 g/mol. The zero-order chi connectivity index (χ0) is 7.68. The van der Waals surface area contributed by atoms with E-state index in [-0.39, 0.29) is 0 Å². The van der Waals surface area contributed by atoms with Crippen LogP contribution in [0, 0.1) is 0 Å². The van der Waals surface area contributed by atoms with Gasteiger partial charge in [0.1, 0.15) is 5.69 Å². The highest BCUT2D eigenvalue weighted by molar-refractivity contribution is 5.25. The zero-order valence-electron chi connectivity index (χ0n) is 6.20. The molecule has 11 heavy (non-hydrogen) atoms. The number of fused-ring (bicyclic) bond motifs is 1. The summed E-state index contributed by atoms with van der Waals surface area (Å²) in [4.78, 5) is 8.18. The predicted molar refractivity (Wildman–Crippen MR) is 37.8 cm³/mol. The largest absolute Gasteiger partial charge is 0.480 e. The predicted octanol–water partition coefficient (Wildman–Crippen LogP) is 0.420. The van der Waals surface area contributed by atoms with Crippen LogP contribution in [0.1, 0.15) is 5.69 Å². The third kappa shape index (κ3) is 1.00. The summed E-state index contributed by atoms with van der Waals surface area (Å²) in [5.74, 6) is 1.12. The van der Waals surface area contributed by atoms with Crippen LogP contribution < -0.4 is 9.47 Å². The number of rotatable bonds is 1. The molecule has 0 bridgehead atoms. The van der Waals surface area contributed by atoms with Crippen molar-refractivity contribution >= 4 is 0 Å².